The molecule has 96 valence electrons. The highest BCUT2D eigenvalue weighted by Crippen LogP contribution is 2.35. The van der Waals surface area contributed by atoms with Gasteiger partial charge in [-0.1, -0.05) is 29.8 Å². The van der Waals surface area contributed by atoms with E-state index in [1.807, 2.05) is 30.3 Å². The number of aromatic hydroxyl groups is 1. The van der Waals surface area contributed by atoms with Gasteiger partial charge in [-0.25, -0.2) is 4.98 Å². The molecule has 0 aliphatic heterocycles. The molecular formula is C14H11ClN2O2. The van der Waals surface area contributed by atoms with Gasteiger partial charge in [0.1, 0.15) is 11.4 Å². The molecule has 0 aliphatic carbocycles. The molecule has 0 aliphatic rings. The van der Waals surface area contributed by atoms with Crippen LogP contribution in [0.4, 0.5) is 0 Å². The molecule has 0 amide bonds. The predicted octanol–water partition coefficient (Wildman–Crippen LogP) is 3.60. The Hall–Kier alpha value is -2.20. The van der Waals surface area contributed by atoms with E-state index in [1.165, 1.54) is 13.2 Å². The number of nitrogens with zero attached hydrogens (tertiary/aromatic N) is 1. The monoisotopic (exact) mass is 274 g/mol. The fourth-order valence-corrected chi connectivity index (χ4v) is 2.22. The van der Waals surface area contributed by atoms with Gasteiger partial charge in [-0.15, -0.1) is 0 Å². The van der Waals surface area contributed by atoms with Crippen molar-refractivity contribution in [3.05, 3.63) is 41.6 Å². The van der Waals surface area contributed by atoms with Crippen LogP contribution in [0.15, 0.2) is 36.4 Å². The number of halogens is 1. The fraction of sp³-hybridized carbons (Fsp3) is 0.0714. The van der Waals surface area contributed by atoms with E-state index in [4.69, 9.17) is 16.3 Å². The Morgan fingerprint density at radius 1 is 1.26 bits per heavy atom. The number of para-hydroxylation sites is 1. The number of nitrogens with one attached hydrogen (secondary N) is 1. The average Bonchev–Trinajstić information content (AvgIpc) is 2.84. The molecule has 0 fully saturated rings. The molecule has 4 nitrogen and oxygen atoms in total. The molecule has 19 heavy (non-hydrogen) atoms. The van der Waals surface area contributed by atoms with Crippen LogP contribution in [0.2, 0.25) is 5.15 Å². The summed E-state index contributed by atoms with van der Waals surface area (Å²) in [7, 11) is 1.48. The second-order valence-electron chi connectivity index (χ2n) is 4.12. The maximum atomic E-state index is 10.0. The number of ether oxygens (including phenoxy) is 1. The Kier molecular flexibility index (Phi) is 2.80. The van der Waals surface area contributed by atoms with E-state index in [-0.39, 0.29) is 10.9 Å². The Morgan fingerprint density at radius 2 is 2.05 bits per heavy atom. The summed E-state index contributed by atoms with van der Waals surface area (Å²) in [5.74, 6) is 0.367. The Bertz CT molecular complexity index is 719. The van der Waals surface area contributed by atoms with E-state index in [0.29, 0.717) is 17.1 Å². The lowest BCUT2D eigenvalue weighted by Gasteiger charge is -2.06. The summed E-state index contributed by atoms with van der Waals surface area (Å²) >= 11 is 5.99. The molecule has 5 heteroatoms. The minimum absolute atomic E-state index is 0.0211. The second kappa shape index (κ2) is 4.48. The normalized spacial score (nSPS) is 10.8. The SMILES string of the molecule is COc1cc(O)c(-c2cc3ccccc3[nH]2)nc1Cl. The van der Waals surface area contributed by atoms with E-state index < -0.39 is 0 Å². The Balaban J connectivity index is 2.18. The molecule has 1 aromatic carbocycles. The topological polar surface area (TPSA) is 58.1 Å². The number of benzene rings is 1. The first kappa shape index (κ1) is 11.9. The van der Waals surface area contributed by atoms with Crippen LogP contribution in [-0.2, 0) is 0 Å². The maximum absolute atomic E-state index is 10.0. The minimum atomic E-state index is 0.0211. The summed E-state index contributed by atoms with van der Waals surface area (Å²) in [5, 5.41) is 11.3. The third kappa shape index (κ3) is 2.00. The van der Waals surface area contributed by atoms with Gasteiger partial charge in [-0.3, -0.25) is 0 Å². The standard InChI is InChI=1S/C14H11ClN2O2/c1-19-12-7-11(18)13(17-14(12)15)10-6-8-4-2-3-5-9(8)16-10/h2-7,16,18H,1H3. The summed E-state index contributed by atoms with van der Waals surface area (Å²) in [6, 6.07) is 11.2. The highest BCUT2D eigenvalue weighted by atomic mass is 35.5. The highest BCUT2D eigenvalue weighted by molar-refractivity contribution is 6.31. The number of H-pyrrole nitrogens is 1. The van der Waals surface area contributed by atoms with E-state index >= 15 is 0 Å². The van der Waals surface area contributed by atoms with Crippen molar-refractivity contribution in [1.29, 1.82) is 0 Å². The van der Waals surface area contributed by atoms with E-state index in [2.05, 4.69) is 9.97 Å². The smallest absolute Gasteiger partial charge is 0.171 e. The van der Waals surface area contributed by atoms with Crippen LogP contribution >= 0.6 is 11.6 Å². The molecule has 0 unspecified atom stereocenters. The summed E-state index contributed by atoms with van der Waals surface area (Å²) in [5.41, 5.74) is 2.09. The molecule has 0 saturated carbocycles. The third-order valence-electron chi connectivity index (χ3n) is 2.93. The fourth-order valence-electron chi connectivity index (χ4n) is 2.00. The molecule has 0 saturated heterocycles. The predicted molar refractivity (Wildman–Crippen MR) is 74.8 cm³/mol. The molecular weight excluding hydrogens is 264 g/mol. The highest BCUT2D eigenvalue weighted by Gasteiger charge is 2.13. The molecule has 2 aromatic heterocycles. The summed E-state index contributed by atoms with van der Waals surface area (Å²) in [6.45, 7) is 0. The largest absolute Gasteiger partial charge is 0.505 e. The molecule has 0 bridgehead atoms. The van der Waals surface area contributed by atoms with Crippen LogP contribution in [0.5, 0.6) is 11.5 Å². The number of methoxy groups -OCH3 is 1. The molecule has 2 heterocycles. The molecule has 0 radical (unpaired) electrons. The zero-order chi connectivity index (χ0) is 13.4. The first-order valence-electron chi connectivity index (χ1n) is 5.70. The summed E-state index contributed by atoms with van der Waals surface area (Å²) < 4.78 is 5.01. The van der Waals surface area contributed by atoms with Gasteiger partial charge < -0.3 is 14.8 Å². The maximum Gasteiger partial charge on any atom is 0.171 e. The van der Waals surface area contributed by atoms with Gasteiger partial charge in [-0.05, 0) is 12.1 Å². The van der Waals surface area contributed by atoms with Gasteiger partial charge in [0.25, 0.3) is 0 Å². The van der Waals surface area contributed by atoms with Crippen molar-refractivity contribution in [1.82, 2.24) is 9.97 Å². The zero-order valence-electron chi connectivity index (χ0n) is 10.1. The van der Waals surface area contributed by atoms with Gasteiger partial charge in [0.15, 0.2) is 10.9 Å². The van der Waals surface area contributed by atoms with Crippen molar-refractivity contribution in [2.75, 3.05) is 7.11 Å². The lowest BCUT2D eigenvalue weighted by Crippen LogP contribution is -1.90. The second-order valence-corrected chi connectivity index (χ2v) is 4.48. The molecule has 2 N–H and O–H groups in total. The Labute approximate surface area is 114 Å². The van der Waals surface area contributed by atoms with Crippen LogP contribution in [-0.4, -0.2) is 22.2 Å². The van der Waals surface area contributed by atoms with Crippen molar-refractivity contribution in [2.45, 2.75) is 0 Å². The van der Waals surface area contributed by atoms with Crippen LogP contribution in [0.1, 0.15) is 0 Å². The number of aromatic nitrogens is 2. The van der Waals surface area contributed by atoms with Gasteiger partial charge in [0, 0.05) is 17.0 Å². The molecule has 0 atom stereocenters. The molecule has 3 aromatic rings. The van der Waals surface area contributed by atoms with E-state index in [0.717, 1.165) is 10.9 Å². The van der Waals surface area contributed by atoms with Gasteiger partial charge in [0.05, 0.1) is 12.8 Å². The van der Waals surface area contributed by atoms with Crippen molar-refractivity contribution >= 4 is 22.5 Å². The van der Waals surface area contributed by atoms with Crippen molar-refractivity contribution in [3.8, 4) is 22.9 Å². The zero-order valence-corrected chi connectivity index (χ0v) is 10.9. The summed E-state index contributed by atoms with van der Waals surface area (Å²) in [4.78, 5) is 7.36. The third-order valence-corrected chi connectivity index (χ3v) is 3.20. The number of pyridine rings is 1. The number of fused-ring (bicyclic) bond motifs is 1. The first-order chi connectivity index (χ1) is 9.19. The van der Waals surface area contributed by atoms with Crippen LogP contribution in [0, 0.1) is 0 Å². The van der Waals surface area contributed by atoms with Crippen LogP contribution < -0.4 is 4.74 Å². The van der Waals surface area contributed by atoms with Crippen molar-refractivity contribution < 1.29 is 9.84 Å². The molecule has 0 spiro atoms. The molecule has 3 rings (SSSR count). The first-order valence-corrected chi connectivity index (χ1v) is 6.08. The Morgan fingerprint density at radius 3 is 2.79 bits per heavy atom. The van der Waals surface area contributed by atoms with Gasteiger partial charge in [-0.2, -0.15) is 0 Å². The summed E-state index contributed by atoms with van der Waals surface area (Å²) in [6.07, 6.45) is 0. The van der Waals surface area contributed by atoms with E-state index in [9.17, 15) is 5.11 Å². The van der Waals surface area contributed by atoms with Crippen LogP contribution in [0.3, 0.4) is 0 Å². The number of aromatic amines is 1. The quantitative estimate of drug-likeness (QED) is 0.702. The minimum Gasteiger partial charge on any atom is -0.505 e. The van der Waals surface area contributed by atoms with Crippen molar-refractivity contribution in [2.24, 2.45) is 0 Å². The van der Waals surface area contributed by atoms with Gasteiger partial charge >= 0.3 is 0 Å². The number of rotatable bonds is 2. The van der Waals surface area contributed by atoms with E-state index in [1.54, 1.807) is 0 Å². The lowest BCUT2D eigenvalue weighted by atomic mass is 10.2. The van der Waals surface area contributed by atoms with Crippen LogP contribution in [0.25, 0.3) is 22.3 Å². The lowest BCUT2D eigenvalue weighted by molar-refractivity contribution is 0.405. The van der Waals surface area contributed by atoms with Gasteiger partial charge in [0.2, 0.25) is 0 Å². The number of hydrogen-bond donors (Lipinski definition) is 2. The number of hydrogen-bond acceptors (Lipinski definition) is 3. The van der Waals surface area contributed by atoms with Crippen molar-refractivity contribution in [3.63, 3.8) is 0 Å². The average molecular weight is 275 g/mol.